The van der Waals surface area contributed by atoms with Gasteiger partial charge in [-0.3, -0.25) is 5.41 Å². The number of nitrogens with one attached hydrogen (secondary N) is 1. The predicted octanol–water partition coefficient (Wildman–Crippen LogP) is -0.00933. The number of ether oxygens (including phenoxy) is 1. The summed E-state index contributed by atoms with van der Waals surface area (Å²) in [5, 5.41) is 7.11. The zero-order valence-electron chi connectivity index (χ0n) is 6.84. The molecule has 0 radical (unpaired) electrons. The van der Waals surface area contributed by atoms with Gasteiger partial charge in [0.2, 0.25) is 0 Å². The number of likely N-dealkylation sites (N-methyl/N-ethyl adjacent to an activating group) is 1. The molecule has 0 aromatic carbocycles. The zero-order valence-corrected chi connectivity index (χ0v) is 6.84. The van der Waals surface area contributed by atoms with Crippen molar-refractivity contribution in [3.05, 3.63) is 0 Å². The average Bonchev–Trinajstić information content (AvgIpc) is 2.39. The maximum absolute atomic E-state index is 7.11. The van der Waals surface area contributed by atoms with Crippen LogP contribution in [-0.4, -0.2) is 37.2 Å². The van der Waals surface area contributed by atoms with Gasteiger partial charge in [-0.2, -0.15) is 0 Å². The number of guanidine groups is 1. The van der Waals surface area contributed by atoms with Crippen molar-refractivity contribution < 1.29 is 4.74 Å². The Kier molecular flexibility index (Phi) is 2.70. The summed E-state index contributed by atoms with van der Waals surface area (Å²) < 4.78 is 5.38. The molecule has 1 saturated heterocycles. The van der Waals surface area contributed by atoms with E-state index in [2.05, 4.69) is 0 Å². The first-order chi connectivity index (χ1) is 5.20. The molecule has 1 aliphatic rings. The summed E-state index contributed by atoms with van der Waals surface area (Å²) in [5.74, 6) is 0.112. The van der Waals surface area contributed by atoms with Gasteiger partial charge in [-0.15, -0.1) is 0 Å². The van der Waals surface area contributed by atoms with Gasteiger partial charge in [0.05, 0.1) is 6.10 Å². The highest BCUT2D eigenvalue weighted by Gasteiger charge is 2.17. The lowest BCUT2D eigenvalue weighted by Crippen LogP contribution is -2.38. The molecular weight excluding hydrogens is 142 g/mol. The SMILES string of the molecule is CN(C[C@@H]1CCCO1)C(=N)N. The Morgan fingerprint density at radius 2 is 2.55 bits per heavy atom. The first kappa shape index (κ1) is 8.33. The summed E-state index contributed by atoms with van der Waals surface area (Å²) in [6.07, 6.45) is 2.51. The Morgan fingerprint density at radius 3 is 3.00 bits per heavy atom. The van der Waals surface area contributed by atoms with E-state index in [4.69, 9.17) is 15.9 Å². The molecule has 0 aliphatic carbocycles. The number of hydrogen-bond acceptors (Lipinski definition) is 2. The van der Waals surface area contributed by atoms with Crippen LogP contribution in [0.25, 0.3) is 0 Å². The van der Waals surface area contributed by atoms with Crippen LogP contribution < -0.4 is 5.73 Å². The van der Waals surface area contributed by atoms with E-state index in [0.717, 1.165) is 26.0 Å². The quantitative estimate of drug-likeness (QED) is 0.438. The van der Waals surface area contributed by atoms with E-state index in [-0.39, 0.29) is 12.1 Å². The van der Waals surface area contributed by atoms with Gasteiger partial charge in [0.1, 0.15) is 0 Å². The molecule has 0 spiro atoms. The number of hydrogen-bond donors (Lipinski definition) is 2. The van der Waals surface area contributed by atoms with Crippen LogP contribution in [0.4, 0.5) is 0 Å². The molecule has 1 aliphatic heterocycles. The normalized spacial score (nSPS) is 23.5. The van der Waals surface area contributed by atoms with Crippen LogP contribution in [0.15, 0.2) is 0 Å². The van der Waals surface area contributed by atoms with E-state index in [1.54, 1.807) is 4.90 Å². The van der Waals surface area contributed by atoms with E-state index in [9.17, 15) is 0 Å². The highest BCUT2D eigenvalue weighted by molar-refractivity contribution is 5.74. The number of rotatable bonds is 2. The zero-order chi connectivity index (χ0) is 8.27. The minimum atomic E-state index is 0.112. The van der Waals surface area contributed by atoms with E-state index in [1.165, 1.54) is 0 Å². The lowest BCUT2D eigenvalue weighted by atomic mass is 10.2. The largest absolute Gasteiger partial charge is 0.376 e. The second-order valence-corrected chi connectivity index (χ2v) is 2.90. The molecule has 1 fully saturated rings. The van der Waals surface area contributed by atoms with Crippen molar-refractivity contribution in [2.75, 3.05) is 20.2 Å². The molecule has 1 heterocycles. The standard InChI is InChI=1S/C7H15N3O/c1-10(7(8)9)5-6-3-2-4-11-6/h6H,2-5H2,1H3,(H3,8,9)/t6-/m0/s1. The molecule has 64 valence electrons. The molecule has 0 aromatic heterocycles. The summed E-state index contributed by atoms with van der Waals surface area (Å²) in [4.78, 5) is 1.70. The van der Waals surface area contributed by atoms with Gasteiger partial charge in [-0.25, -0.2) is 0 Å². The summed E-state index contributed by atoms with van der Waals surface area (Å²) in [5.41, 5.74) is 5.27. The lowest BCUT2D eigenvalue weighted by molar-refractivity contribution is 0.0955. The predicted molar refractivity (Wildman–Crippen MR) is 43.5 cm³/mol. The third-order valence-corrected chi connectivity index (χ3v) is 1.91. The van der Waals surface area contributed by atoms with Gasteiger partial charge in [0.15, 0.2) is 5.96 Å². The van der Waals surface area contributed by atoms with E-state index in [1.807, 2.05) is 7.05 Å². The van der Waals surface area contributed by atoms with Crippen LogP contribution in [0.1, 0.15) is 12.8 Å². The molecule has 0 bridgehead atoms. The third-order valence-electron chi connectivity index (χ3n) is 1.91. The van der Waals surface area contributed by atoms with Crippen LogP contribution in [0.3, 0.4) is 0 Å². The first-order valence-corrected chi connectivity index (χ1v) is 3.87. The maximum atomic E-state index is 7.11. The smallest absolute Gasteiger partial charge is 0.188 e. The van der Waals surface area contributed by atoms with Gasteiger partial charge in [0, 0.05) is 20.2 Å². The molecule has 4 nitrogen and oxygen atoms in total. The van der Waals surface area contributed by atoms with Gasteiger partial charge >= 0.3 is 0 Å². The van der Waals surface area contributed by atoms with E-state index in [0.29, 0.717) is 0 Å². The molecule has 0 saturated carbocycles. The summed E-state index contributed by atoms with van der Waals surface area (Å²) in [7, 11) is 1.81. The number of nitrogens with two attached hydrogens (primary N) is 1. The molecule has 0 unspecified atom stereocenters. The van der Waals surface area contributed by atoms with Crippen molar-refractivity contribution in [2.45, 2.75) is 18.9 Å². The van der Waals surface area contributed by atoms with Crippen LogP contribution in [0.2, 0.25) is 0 Å². The van der Waals surface area contributed by atoms with Crippen LogP contribution in [-0.2, 0) is 4.74 Å². The fraction of sp³-hybridized carbons (Fsp3) is 0.857. The van der Waals surface area contributed by atoms with Crippen molar-refractivity contribution in [3.8, 4) is 0 Å². The maximum Gasteiger partial charge on any atom is 0.188 e. The second-order valence-electron chi connectivity index (χ2n) is 2.90. The van der Waals surface area contributed by atoms with Crippen molar-refractivity contribution in [1.82, 2.24) is 4.90 Å². The van der Waals surface area contributed by atoms with Crippen molar-refractivity contribution in [2.24, 2.45) is 5.73 Å². The lowest BCUT2D eigenvalue weighted by Gasteiger charge is -2.20. The fourth-order valence-corrected chi connectivity index (χ4v) is 1.19. The van der Waals surface area contributed by atoms with E-state index < -0.39 is 0 Å². The third kappa shape index (κ3) is 2.38. The highest BCUT2D eigenvalue weighted by atomic mass is 16.5. The summed E-state index contributed by atoms with van der Waals surface area (Å²) in [6.45, 7) is 1.60. The van der Waals surface area contributed by atoms with Crippen molar-refractivity contribution >= 4 is 5.96 Å². The highest BCUT2D eigenvalue weighted by Crippen LogP contribution is 2.12. The molecule has 3 N–H and O–H groups in total. The Morgan fingerprint density at radius 1 is 1.82 bits per heavy atom. The molecule has 0 aromatic rings. The molecule has 4 heteroatoms. The number of nitrogens with zero attached hydrogens (tertiary/aromatic N) is 1. The van der Waals surface area contributed by atoms with Crippen LogP contribution in [0.5, 0.6) is 0 Å². The van der Waals surface area contributed by atoms with Crippen LogP contribution in [0, 0.1) is 5.41 Å². The Labute approximate surface area is 66.8 Å². The van der Waals surface area contributed by atoms with Gasteiger partial charge < -0.3 is 15.4 Å². The molecule has 1 atom stereocenters. The second kappa shape index (κ2) is 3.57. The average molecular weight is 157 g/mol. The monoisotopic (exact) mass is 157 g/mol. The fourth-order valence-electron chi connectivity index (χ4n) is 1.19. The summed E-state index contributed by atoms with van der Waals surface area (Å²) >= 11 is 0. The van der Waals surface area contributed by atoms with Gasteiger partial charge in [0.25, 0.3) is 0 Å². The van der Waals surface area contributed by atoms with E-state index >= 15 is 0 Å². The molecular formula is C7H15N3O. The van der Waals surface area contributed by atoms with Crippen molar-refractivity contribution in [3.63, 3.8) is 0 Å². The molecule has 11 heavy (non-hydrogen) atoms. The Balaban J connectivity index is 2.23. The van der Waals surface area contributed by atoms with Gasteiger partial charge in [-0.1, -0.05) is 0 Å². The van der Waals surface area contributed by atoms with Crippen molar-refractivity contribution in [1.29, 1.82) is 5.41 Å². The summed E-state index contributed by atoms with van der Waals surface area (Å²) in [6, 6.07) is 0. The first-order valence-electron chi connectivity index (χ1n) is 3.87. The topological polar surface area (TPSA) is 62.3 Å². The van der Waals surface area contributed by atoms with Crippen LogP contribution >= 0.6 is 0 Å². The minimum absolute atomic E-state index is 0.112. The van der Waals surface area contributed by atoms with Gasteiger partial charge in [-0.05, 0) is 12.8 Å². The Hall–Kier alpha value is -0.770. The minimum Gasteiger partial charge on any atom is -0.376 e. The Bertz CT molecular complexity index is 143. The molecule has 1 rings (SSSR count). The molecule has 0 amide bonds.